The summed E-state index contributed by atoms with van der Waals surface area (Å²) in [5.41, 5.74) is 1.56. The Balaban J connectivity index is 2.59. The van der Waals surface area contributed by atoms with Gasteiger partial charge in [-0.05, 0) is 38.6 Å². The number of nitrogens with one attached hydrogen (secondary N) is 1. The lowest BCUT2D eigenvalue weighted by atomic mass is 10.2. The standard InChI is InChI=1S/C14H23FN2O/c1-11(2)18-8-7-17(4)14-6-5-12(10-16-3)9-13(14)15/h5-6,9,11,16H,7-8,10H2,1-4H3. The predicted octanol–water partition coefficient (Wildman–Crippen LogP) is 2.41. The van der Waals surface area contributed by atoms with Gasteiger partial charge in [-0.15, -0.1) is 0 Å². The van der Waals surface area contributed by atoms with Crippen molar-refractivity contribution in [1.82, 2.24) is 5.32 Å². The Kier molecular flexibility index (Phi) is 6.09. The maximum absolute atomic E-state index is 13.9. The van der Waals surface area contributed by atoms with Crippen molar-refractivity contribution in [2.24, 2.45) is 0 Å². The lowest BCUT2D eigenvalue weighted by Gasteiger charge is -2.21. The highest BCUT2D eigenvalue weighted by Gasteiger charge is 2.08. The van der Waals surface area contributed by atoms with Crippen molar-refractivity contribution in [2.75, 3.05) is 32.1 Å². The first kappa shape index (κ1) is 14.9. The number of halogens is 1. The summed E-state index contributed by atoms with van der Waals surface area (Å²) in [5, 5.41) is 3.01. The molecule has 0 aliphatic carbocycles. The van der Waals surface area contributed by atoms with Gasteiger partial charge in [-0.25, -0.2) is 4.39 Å². The molecule has 0 heterocycles. The molecular formula is C14H23FN2O. The van der Waals surface area contributed by atoms with E-state index in [4.69, 9.17) is 4.74 Å². The van der Waals surface area contributed by atoms with Crippen LogP contribution in [0.25, 0.3) is 0 Å². The van der Waals surface area contributed by atoms with E-state index in [1.54, 1.807) is 6.07 Å². The summed E-state index contributed by atoms with van der Waals surface area (Å²) in [7, 11) is 3.72. The molecule has 1 aromatic carbocycles. The van der Waals surface area contributed by atoms with E-state index in [0.717, 1.165) is 5.56 Å². The predicted molar refractivity (Wildman–Crippen MR) is 73.5 cm³/mol. The van der Waals surface area contributed by atoms with Crippen molar-refractivity contribution in [3.63, 3.8) is 0 Å². The van der Waals surface area contributed by atoms with E-state index in [-0.39, 0.29) is 11.9 Å². The van der Waals surface area contributed by atoms with Crippen molar-refractivity contribution in [3.05, 3.63) is 29.6 Å². The highest BCUT2D eigenvalue weighted by molar-refractivity contribution is 5.48. The van der Waals surface area contributed by atoms with Crippen LogP contribution in [0.3, 0.4) is 0 Å². The first-order valence-electron chi connectivity index (χ1n) is 6.30. The third-order valence-electron chi connectivity index (χ3n) is 2.68. The van der Waals surface area contributed by atoms with Crippen LogP contribution in [0, 0.1) is 5.82 Å². The molecule has 0 saturated heterocycles. The van der Waals surface area contributed by atoms with Crippen molar-refractivity contribution in [3.8, 4) is 0 Å². The molecule has 0 atom stereocenters. The molecule has 0 amide bonds. The fourth-order valence-corrected chi connectivity index (χ4v) is 1.72. The Labute approximate surface area is 109 Å². The molecule has 18 heavy (non-hydrogen) atoms. The average molecular weight is 254 g/mol. The molecule has 1 N–H and O–H groups in total. The summed E-state index contributed by atoms with van der Waals surface area (Å²) in [5.74, 6) is -0.185. The van der Waals surface area contributed by atoms with E-state index in [0.29, 0.717) is 25.4 Å². The molecule has 4 heteroatoms. The molecule has 0 unspecified atom stereocenters. The molecule has 0 bridgehead atoms. The zero-order chi connectivity index (χ0) is 13.5. The van der Waals surface area contributed by atoms with Crippen molar-refractivity contribution in [1.29, 1.82) is 0 Å². The van der Waals surface area contributed by atoms with Crippen LogP contribution in [0.4, 0.5) is 10.1 Å². The fraction of sp³-hybridized carbons (Fsp3) is 0.571. The molecule has 1 rings (SSSR count). The van der Waals surface area contributed by atoms with E-state index in [1.807, 2.05) is 45.0 Å². The Bertz CT molecular complexity index is 369. The molecule has 3 nitrogen and oxygen atoms in total. The number of rotatable bonds is 7. The Morgan fingerprint density at radius 2 is 2.11 bits per heavy atom. The smallest absolute Gasteiger partial charge is 0.146 e. The fourth-order valence-electron chi connectivity index (χ4n) is 1.72. The molecule has 1 aromatic rings. The number of hydrogen-bond donors (Lipinski definition) is 1. The summed E-state index contributed by atoms with van der Waals surface area (Å²) >= 11 is 0. The molecule has 0 spiro atoms. The molecule has 0 aliphatic heterocycles. The molecule has 0 aromatic heterocycles. The van der Waals surface area contributed by atoms with Crippen molar-refractivity contribution >= 4 is 5.69 Å². The van der Waals surface area contributed by atoms with Crippen LogP contribution >= 0.6 is 0 Å². The highest BCUT2D eigenvalue weighted by Crippen LogP contribution is 2.19. The molecule has 0 aliphatic rings. The van der Waals surface area contributed by atoms with Gasteiger partial charge in [-0.3, -0.25) is 0 Å². The van der Waals surface area contributed by atoms with E-state index in [2.05, 4.69) is 5.32 Å². The summed E-state index contributed by atoms with van der Waals surface area (Å²) in [6.45, 7) is 5.95. The van der Waals surface area contributed by atoms with E-state index in [1.165, 1.54) is 0 Å². The van der Waals surface area contributed by atoms with Crippen LogP contribution in [0.15, 0.2) is 18.2 Å². The number of likely N-dealkylation sites (N-methyl/N-ethyl adjacent to an activating group) is 1. The van der Waals surface area contributed by atoms with Gasteiger partial charge >= 0.3 is 0 Å². The van der Waals surface area contributed by atoms with Gasteiger partial charge in [0.1, 0.15) is 5.82 Å². The van der Waals surface area contributed by atoms with E-state index in [9.17, 15) is 4.39 Å². The third kappa shape index (κ3) is 4.63. The van der Waals surface area contributed by atoms with Gasteiger partial charge in [0.15, 0.2) is 0 Å². The number of anilines is 1. The van der Waals surface area contributed by atoms with Crippen molar-refractivity contribution < 1.29 is 9.13 Å². The van der Waals surface area contributed by atoms with Crippen LogP contribution in [0.1, 0.15) is 19.4 Å². The Hall–Kier alpha value is -1.13. The Morgan fingerprint density at radius 3 is 2.67 bits per heavy atom. The SMILES string of the molecule is CNCc1ccc(N(C)CCOC(C)C)c(F)c1. The summed E-state index contributed by atoms with van der Waals surface area (Å²) in [4.78, 5) is 1.88. The zero-order valence-electron chi connectivity index (χ0n) is 11.7. The number of ether oxygens (including phenoxy) is 1. The summed E-state index contributed by atoms with van der Waals surface area (Å²) in [6.07, 6.45) is 0.209. The number of nitrogens with zero attached hydrogens (tertiary/aromatic N) is 1. The second-order valence-corrected chi connectivity index (χ2v) is 4.66. The monoisotopic (exact) mass is 254 g/mol. The quantitative estimate of drug-likeness (QED) is 0.808. The maximum Gasteiger partial charge on any atom is 0.146 e. The van der Waals surface area contributed by atoms with Gasteiger partial charge in [0.05, 0.1) is 18.4 Å². The maximum atomic E-state index is 13.9. The van der Waals surface area contributed by atoms with Gasteiger partial charge in [-0.1, -0.05) is 6.07 Å². The minimum absolute atomic E-state index is 0.185. The summed E-state index contributed by atoms with van der Waals surface area (Å²) in [6, 6.07) is 5.33. The lowest BCUT2D eigenvalue weighted by molar-refractivity contribution is 0.0845. The van der Waals surface area contributed by atoms with Gasteiger partial charge in [0.2, 0.25) is 0 Å². The molecule has 102 valence electrons. The zero-order valence-corrected chi connectivity index (χ0v) is 11.7. The van der Waals surface area contributed by atoms with Crippen LogP contribution < -0.4 is 10.2 Å². The summed E-state index contributed by atoms with van der Waals surface area (Å²) < 4.78 is 19.4. The molecule has 0 saturated carbocycles. The molecule has 0 fully saturated rings. The van der Waals surface area contributed by atoms with E-state index < -0.39 is 0 Å². The van der Waals surface area contributed by atoms with Gasteiger partial charge in [-0.2, -0.15) is 0 Å². The second-order valence-electron chi connectivity index (χ2n) is 4.66. The minimum atomic E-state index is -0.185. The number of hydrogen-bond acceptors (Lipinski definition) is 3. The van der Waals surface area contributed by atoms with Gasteiger partial charge < -0.3 is 15.0 Å². The largest absolute Gasteiger partial charge is 0.377 e. The topological polar surface area (TPSA) is 24.5 Å². The van der Waals surface area contributed by atoms with Crippen molar-refractivity contribution in [2.45, 2.75) is 26.5 Å². The lowest BCUT2D eigenvalue weighted by Crippen LogP contribution is -2.24. The van der Waals surface area contributed by atoms with Crippen LogP contribution in [-0.2, 0) is 11.3 Å². The first-order valence-corrected chi connectivity index (χ1v) is 6.30. The van der Waals surface area contributed by atoms with Gasteiger partial charge in [0.25, 0.3) is 0 Å². The second kappa shape index (κ2) is 7.34. The first-order chi connectivity index (χ1) is 8.54. The van der Waals surface area contributed by atoms with Crippen LogP contribution in [0.2, 0.25) is 0 Å². The Morgan fingerprint density at radius 1 is 1.39 bits per heavy atom. The van der Waals surface area contributed by atoms with E-state index >= 15 is 0 Å². The van der Waals surface area contributed by atoms with Crippen LogP contribution in [-0.4, -0.2) is 33.4 Å². The van der Waals surface area contributed by atoms with Crippen LogP contribution in [0.5, 0.6) is 0 Å². The highest BCUT2D eigenvalue weighted by atomic mass is 19.1. The third-order valence-corrected chi connectivity index (χ3v) is 2.68. The number of benzene rings is 1. The molecule has 0 radical (unpaired) electrons. The normalized spacial score (nSPS) is 11.0. The molecular weight excluding hydrogens is 231 g/mol. The minimum Gasteiger partial charge on any atom is -0.377 e. The van der Waals surface area contributed by atoms with Gasteiger partial charge in [0, 0.05) is 20.1 Å². The average Bonchev–Trinajstić information content (AvgIpc) is 2.28.